The Morgan fingerprint density at radius 3 is 2.48 bits per heavy atom. The van der Waals surface area contributed by atoms with Gasteiger partial charge in [-0.1, -0.05) is 42.5 Å². The van der Waals surface area contributed by atoms with Crippen molar-refractivity contribution in [3.8, 4) is 0 Å². The summed E-state index contributed by atoms with van der Waals surface area (Å²) < 4.78 is 5.68. The number of carbonyl (C=O) groups excluding carboxylic acids is 2. The summed E-state index contributed by atoms with van der Waals surface area (Å²) in [5.74, 6) is -0.869. The monoisotopic (exact) mass is 330 g/mol. The molecule has 3 aromatic carbocycles. The number of hydrogen-bond acceptors (Lipinski definition) is 3. The van der Waals surface area contributed by atoms with Crippen molar-refractivity contribution in [1.82, 2.24) is 0 Å². The van der Waals surface area contributed by atoms with Crippen LogP contribution in [-0.4, -0.2) is 11.8 Å². The summed E-state index contributed by atoms with van der Waals surface area (Å²) in [6, 6.07) is 20.0. The number of carbonyl (C=O) groups is 2. The van der Waals surface area contributed by atoms with E-state index in [1.54, 1.807) is 30.3 Å². The van der Waals surface area contributed by atoms with Gasteiger partial charge >= 0.3 is 0 Å². The first-order valence-electron chi connectivity index (χ1n) is 7.75. The van der Waals surface area contributed by atoms with E-state index in [1.807, 2.05) is 36.4 Å². The van der Waals surface area contributed by atoms with Gasteiger partial charge in [0.25, 0.3) is 11.8 Å². The van der Waals surface area contributed by atoms with Gasteiger partial charge in [-0.2, -0.15) is 0 Å². The Bertz CT molecular complexity index is 1130. The maximum atomic E-state index is 12.5. The normalized spacial score (nSPS) is 10.9. The van der Waals surface area contributed by atoms with Gasteiger partial charge in [-0.15, -0.1) is 0 Å². The molecule has 0 aliphatic heterocycles. The highest BCUT2D eigenvalue weighted by atomic mass is 16.3. The molecule has 0 spiro atoms. The van der Waals surface area contributed by atoms with E-state index in [9.17, 15) is 9.59 Å². The van der Waals surface area contributed by atoms with E-state index in [-0.39, 0.29) is 11.3 Å². The minimum absolute atomic E-state index is 0.172. The van der Waals surface area contributed by atoms with Crippen LogP contribution in [0.15, 0.2) is 71.1 Å². The van der Waals surface area contributed by atoms with Gasteiger partial charge in [0.15, 0.2) is 5.76 Å². The standard InChI is InChI=1S/C20H14N2O3/c21-19(23)14-7-3-4-8-16(14)22-20(24)18-11-15-13-6-2-1-5-12(13)9-10-17(15)25-18/h1-11H,(H2,21,23)(H,22,24). The van der Waals surface area contributed by atoms with E-state index in [0.29, 0.717) is 11.3 Å². The number of nitrogens with two attached hydrogens (primary N) is 1. The lowest BCUT2D eigenvalue weighted by molar-refractivity contribution is 0.0998. The van der Waals surface area contributed by atoms with Gasteiger partial charge in [0, 0.05) is 5.39 Å². The number of benzene rings is 3. The Hall–Kier alpha value is -3.60. The van der Waals surface area contributed by atoms with Gasteiger partial charge < -0.3 is 15.5 Å². The summed E-state index contributed by atoms with van der Waals surface area (Å²) >= 11 is 0. The van der Waals surface area contributed by atoms with E-state index in [0.717, 1.165) is 16.2 Å². The van der Waals surface area contributed by atoms with Gasteiger partial charge in [0.05, 0.1) is 11.3 Å². The number of primary amides is 1. The molecular weight excluding hydrogens is 316 g/mol. The smallest absolute Gasteiger partial charge is 0.291 e. The first-order chi connectivity index (χ1) is 12.1. The Morgan fingerprint density at radius 1 is 0.880 bits per heavy atom. The third-order valence-electron chi connectivity index (χ3n) is 4.09. The molecule has 3 N–H and O–H groups in total. The predicted molar refractivity (Wildman–Crippen MR) is 96.6 cm³/mol. The molecule has 5 heteroatoms. The lowest BCUT2D eigenvalue weighted by Gasteiger charge is -2.06. The molecule has 122 valence electrons. The summed E-state index contributed by atoms with van der Waals surface area (Å²) in [4.78, 5) is 24.0. The zero-order valence-electron chi connectivity index (χ0n) is 13.2. The van der Waals surface area contributed by atoms with Crippen molar-refractivity contribution in [3.63, 3.8) is 0 Å². The highest BCUT2D eigenvalue weighted by molar-refractivity contribution is 6.12. The van der Waals surface area contributed by atoms with E-state index >= 15 is 0 Å². The van der Waals surface area contributed by atoms with Gasteiger partial charge in [-0.3, -0.25) is 9.59 Å². The molecule has 0 fully saturated rings. The quantitative estimate of drug-likeness (QED) is 0.596. The molecule has 0 radical (unpaired) electrons. The molecule has 4 aromatic rings. The topological polar surface area (TPSA) is 85.3 Å². The largest absolute Gasteiger partial charge is 0.451 e. The maximum absolute atomic E-state index is 12.5. The summed E-state index contributed by atoms with van der Waals surface area (Å²) in [7, 11) is 0. The number of fused-ring (bicyclic) bond motifs is 3. The van der Waals surface area contributed by atoms with Crippen molar-refractivity contribution < 1.29 is 14.0 Å². The van der Waals surface area contributed by atoms with Gasteiger partial charge in [0.1, 0.15) is 5.58 Å². The molecule has 0 unspecified atom stereocenters. The van der Waals surface area contributed by atoms with Crippen molar-refractivity contribution in [1.29, 1.82) is 0 Å². The fourth-order valence-corrected chi connectivity index (χ4v) is 2.90. The number of para-hydroxylation sites is 1. The number of hydrogen-bond donors (Lipinski definition) is 2. The van der Waals surface area contributed by atoms with E-state index in [1.165, 1.54) is 0 Å². The molecule has 1 heterocycles. The lowest BCUT2D eigenvalue weighted by Crippen LogP contribution is -2.17. The van der Waals surface area contributed by atoms with Crippen LogP contribution in [0.2, 0.25) is 0 Å². The van der Waals surface area contributed by atoms with E-state index < -0.39 is 11.8 Å². The summed E-state index contributed by atoms with van der Waals surface area (Å²) in [6.07, 6.45) is 0. The highest BCUT2D eigenvalue weighted by Crippen LogP contribution is 2.28. The van der Waals surface area contributed by atoms with Crippen LogP contribution in [0.5, 0.6) is 0 Å². The molecule has 5 nitrogen and oxygen atoms in total. The fraction of sp³-hybridized carbons (Fsp3) is 0. The molecule has 2 amide bonds. The number of nitrogens with one attached hydrogen (secondary N) is 1. The van der Waals surface area contributed by atoms with Crippen molar-refractivity contribution in [2.24, 2.45) is 5.73 Å². The molecule has 0 atom stereocenters. The Balaban J connectivity index is 1.74. The molecular formula is C20H14N2O3. The average Bonchev–Trinajstić information content (AvgIpc) is 3.07. The lowest BCUT2D eigenvalue weighted by atomic mass is 10.1. The Morgan fingerprint density at radius 2 is 1.64 bits per heavy atom. The molecule has 4 rings (SSSR count). The zero-order chi connectivity index (χ0) is 17.4. The van der Waals surface area contributed by atoms with Crippen LogP contribution < -0.4 is 11.1 Å². The van der Waals surface area contributed by atoms with E-state index in [2.05, 4.69) is 5.32 Å². The fourth-order valence-electron chi connectivity index (χ4n) is 2.90. The second-order valence-electron chi connectivity index (χ2n) is 5.67. The van der Waals surface area contributed by atoms with Crippen LogP contribution in [0.25, 0.3) is 21.7 Å². The molecule has 0 aliphatic carbocycles. The highest BCUT2D eigenvalue weighted by Gasteiger charge is 2.16. The molecule has 0 saturated carbocycles. The van der Waals surface area contributed by atoms with Crippen molar-refractivity contribution in [2.75, 3.05) is 5.32 Å². The first kappa shape index (κ1) is 15.0. The molecule has 0 aliphatic rings. The summed E-state index contributed by atoms with van der Waals surface area (Å²) in [5.41, 5.74) is 6.57. The van der Waals surface area contributed by atoms with Crippen molar-refractivity contribution >= 4 is 39.2 Å². The second kappa shape index (κ2) is 5.79. The van der Waals surface area contributed by atoms with Crippen LogP contribution in [0.4, 0.5) is 5.69 Å². The SMILES string of the molecule is NC(=O)c1ccccc1NC(=O)c1cc2c(ccc3ccccc32)o1. The summed E-state index contributed by atoms with van der Waals surface area (Å²) in [5, 5.41) is 5.64. The van der Waals surface area contributed by atoms with Crippen LogP contribution in [0.1, 0.15) is 20.9 Å². The van der Waals surface area contributed by atoms with Crippen molar-refractivity contribution in [2.45, 2.75) is 0 Å². The number of amides is 2. The summed E-state index contributed by atoms with van der Waals surface area (Å²) in [6.45, 7) is 0. The molecule has 25 heavy (non-hydrogen) atoms. The molecule has 1 aromatic heterocycles. The van der Waals surface area contributed by atoms with Gasteiger partial charge in [-0.25, -0.2) is 0 Å². The predicted octanol–water partition coefficient (Wildman–Crippen LogP) is 3.94. The minimum atomic E-state index is -0.605. The minimum Gasteiger partial charge on any atom is -0.451 e. The molecule has 0 bridgehead atoms. The Kier molecular flexibility index (Phi) is 3.47. The molecule has 0 saturated heterocycles. The first-order valence-corrected chi connectivity index (χ1v) is 7.75. The zero-order valence-corrected chi connectivity index (χ0v) is 13.2. The number of rotatable bonds is 3. The van der Waals surface area contributed by atoms with Gasteiger partial charge in [0.2, 0.25) is 0 Å². The van der Waals surface area contributed by atoms with Crippen LogP contribution in [-0.2, 0) is 0 Å². The number of anilines is 1. The third-order valence-corrected chi connectivity index (χ3v) is 4.09. The van der Waals surface area contributed by atoms with Crippen LogP contribution in [0, 0.1) is 0 Å². The van der Waals surface area contributed by atoms with E-state index in [4.69, 9.17) is 10.2 Å². The van der Waals surface area contributed by atoms with Crippen LogP contribution in [0.3, 0.4) is 0 Å². The van der Waals surface area contributed by atoms with Gasteiger partial charge in [-0.05, 0) is 35.0 Å². The number of furan rings is 1. The van der Waals surface area contributed by atoms with Crippen LogP contribution >= 0.6 is 0 Å². The second-order valence-corrected chi connectivity index (χ2v) is 5.67. The maximum Gasteiger partial charge on any atom is 0.291 e. The Labute approximate surface area is 143 Å². The third kappa shape index (κ3) is 2.61. The average molecular weight is 330 g/mol. The van der Waals surface area contributed by atoms with Crippen molar-refractivity contribution in [3.05, 3.63) is 78.1 Å².